The zero-order valence-electron chi connectivity index (χ0n) is 6.55. The van der Waals surface area contributed by atoms with E-state index >= 15 is 0 Å². The van der Waals surface area contributed by atoms with E-state index in [1.54, 1.807) is 0 Å². The highest BCUT2D eigenvalue weighted by molar-refractivity contribution is 6.25. The molecule has 0 bridgehead atoms. The van der Waals surface area contributed by atoms with Gasteiger partial charge in [0.1, 0.15) is 0 Å². The molecule has 0 atom stereocenters. The van der Waals surface area contributed by atoms with E-state index in [0.29, 0.717) is 13.0 Å². The molecule has 0 aliphatic carbocycles. The second kappa shape index (κ2) is 4.26. The fourth-order valence-corrected chi connectivity index (χ4v) is 0.887. The van der Waals surface area contributed by atoms with Gasteiger partial charge in [-0.25, -0.2) is 0 Å². The van der Waals surface area contributed by atoms with Crippen molar-refractivity contribution in [2.75, 3.05) is 0 Å². The Morgan fingerprint density at radius 2 is 2.17 bits per heavy atom. The smallest absolute Gasteiger partial charge is 0.323 e. The predicted octanol–water partition coefficient (Wildman–Crippen LogP) is 0.748. The molecule has 1 rings (SSSR count). The van der Waals surface area contributed by atoms with Gasteiger partial charge < -0.3 is 10.1 Å². The molecule has 12 heavy (non-hydrogen) atoms. The molecule has 0 fully saturated rings. The molecule has 4 nitrogen and oxygen atoms in total. The van der Waals surface area contributed by atoms with Gasteiger partial charge in [0, 0.05) is 25.4 Å². The standard InChI is InChI=1S/C8H9N3O/c9-10-7-8(12)3-6-11-4-1-2-5-11/h1-2,4-5,7H,3,6H2. The molecule has 0 N–H and O–H groups in total. The van der Waals surface area contributed by atoms with Gasteiger partial charge in [-0.3, -0.25) is 4.79 Å². The van der Waals surface area contributed by atoms with E-state index in [1.807, 2.05) is 29.1 Å². The van der Waals surface area contributed by atoms with Gasteiger partial charge in [-0.15, -0.1) is 0 Å². The second-order valence-corrected chi connectivity index (χ2v) is 2.38. The largest absolute Gasteiger partial charge is 0.361 e. The van der Waals surface area contributed by atoms with Gasteiger partial charge in [0.25, 0.3) is 0 Å². The molecule has 62 valence electrons. The molecule has 0 radical (unpaired) electrons. The molecule has 0 saturated carbocycles. The quantitative estimate of drug-likeness (QED) is 0.367. The van der Waals surface area contributed by atoms with Crippen LogP contribution in [0.25, 0.3) is 5.53 Å². The van der Waals surface area contributed by atoms with Crippen molar-refractivity contribution in [1.29, 1.82) is 0 Å². The van der Waals surface area contributed by atoms with Crippen molar-refractivity contribution < 1.29 is 9.58 Å². The van der Waals surface area contributed by atoms with E-state index in [4.69, 9.17) is 5.53 Å². The average molecular weight is 163 g/mol. The van der Waals surface area contributed by atoms with Crippen LogP contribution in [-0.4, -0.2) is 21.4 Å². The number of carbonyl (C=O) groups excluding carboxylic acids is 1. The summed E-state index contributed by atoms with van der Waals surface area (Å²) in [6.07, 6.45) is 5.04. The van der Waals surface area contributed by atoms with Crippen LogP contribution in [-0.2, 0) is 11.3 Å². The van der Waals surface area contributed by atoms with Crippen LogP contribution in [0.4, 0.5) is 0 Å². The topological polar surface area (TPSA) is 58.4 Å². The van der Waals surface area contributed by atoms with Crippen molar-refractivity contribution >= 4 is 12.0 Å². The van der Waals surface area contributed by atoms with Crippen LogP contribution in [0.5, 0.6) is 0 Å². The zero-order chi connectivity index (χ0) is 8.81. The Morgan fingerprint density at radius 1 is 1.50 bits per heavy atom. The van der Waals surface area contributed by atoms with Crippen molar-refractivity contribution in [2.24, 2.45) is 0 Å². The molecule has 0 saturated heterocycles. The summed E-state index contributed by atoms with van der Waals surface area (Å²) >= 11 is 0. The molecule has 0 unspecified atom stereocenters. The highest BCUT2D eigenvalue weighted by Crippen LogP contribution is 1.92. The Morgan fingerprint density at radius 3 is 2.75 bits per heavy atom. The summed E-state index contributed by atoms with van der Waals surface area (Å²) < 4.78 is 1.89. The molecular formula is C8H9N3O. The maximum Gasteiger partial charge on any atom is 0.323 e. The lowest BCUT2D eigenvalue weighted by Crippen LogP contribution is -2.05. The first-order chi connectivity index (χ1) is 5.83. The van der Waals surface area contributed by atoms with Gasteiger partial charge in [-0.2, -0.15) is 4.79 Å². The van der Waals surface area contributed by atoms with E-state index in [2.05, 4.69) is 4.79 Å². The summed E-state index contributed by atoms with van der Waals surface area (Å²) in [4.78, 5) is 13.5. The normalized spacial score (nSPS) is 9.00. The van der Waals surface area contributed by atoms with Crippen LogP contribution in [0.2, 0.25) is 0 Å². The van der Waals surface area contributed by atoms with Gasteiger partial charge in [-0.05, 0) is 12.1 Å². The molecule has 0 spiro atoms. The van der Waals surface area contributed by atoms with Gasteiger partial charge in [0.2, 0.25) is 5.78 Å². The van der Waals surface area contributed by atoms with Crippen LogP contribution < -0.4 is 0 Å². The minimum Gasteiger partial charge on any atom is -0.361 e. The number of aryl methyl sites for hydroxylation is 1. The molecule has 0 aliphatic heterocycles. The molecule has 1 aromatic heterocycles. The average Bonchev–Trinajstić information content (AvgIpc) is 2.53. The third-order valence-corrected chi connectivity index (χ3v) is 1.48. The highest BCUT2D eigenvalue weighted by Gasteiger charge is 2.01. The fraction of sp³-hybridized carbons (Fsp3) is 0.250. The zero-order valence-corrected chi connectivity index (χ0v) is 6.55. The molecule has 1 heterocycles. The van der Waals surface area contributed by atoms with Gasteiger partial charge in [-0.1, -0.05) is 0 Å². The number of rotatable bonds is 4. The Labute approximate surface area is 70.1 Å². The molecule has 1 aromatic rings. The monoisotopic (exact) mass is 163 g/mol. The Kier molecular flexibility index (Phi) is 2.99. The van der Waals surface area contributed by atoms with Gasteiger partial charge in [0.05, 0.1) is 0 Å². The number of nitrogens with zero attached hydrogens (tertiary/aromatic N) is 3. The summed E-state index contributed by atoms with van der Waals surface area (Å²) in [6, 6.07) is 3.79. The predicted molar refractivity (Wildman–Crippen MR) is 43.7 cm³/mol. The number of hydrogen-bond acceptors (Lipinski definition) is 1. The van der Waals surface area contributed by atoms with E-state index in [1.165, 1.54) is 0 Å². The van der Waals surface area contributed by atoms with Crippen LogP contribution >= 0.6 is 0 Å². The van der Waals surface area contributed by atoms with Crippen LogP contribution in [0.15, 0.2) is 24.5 Å². The van der Waals surface area contributed by atoms with Crippen molar-refractivity contribution in [3.05, 3.63) is 30.1 Å². The first kappa shape index (κ1) is 8.43. The van der Waals surface area contributed by atoms with E-state index in [9.17, 15) is 4.79 Å². The molecule has 4 heteroatoms. The first-order valence-electron chi connectivity index (χ1n) is 3.64. The Hall–Kier alpha value is -1.67. The minimum atomic E-state index is -0.175. The lowest BCUT2D eigenvalue weighted by atomic mass is 10.3. The third-order valence-electron chi connectivity index (χ3n) is 1.48. The van der Waals surface area contributed by atoms with Crippen molar-refractivity contribution in [3.8, 4) is 0 Å². The second-order valence-electron chi connectivity index (χ2n) is 2.38. The number of aromatic nitrogens is 1. The summed E-state index contributed by atoms with van der Waals surface area (Å²) in [5, 5.41) is 0. The number of Topliss-reactive ketones (excluding diaryl/α,β-unsaturated/α-hetero) is 1. The van der Waals surface area contributed by atoms with Gasteiger partial charge in [0.15, 0.2) is 0 Å². The summed E-state index contributed by atoms with van der Waals surface area (Å²) in [7, 11) is 0. The summed E-state index contributed by atoms with van der Waals surface area (Å²) in [6.45, 7) is 0.623. The van der Waals surface area contributed by atoms with E-state index < -0.39 is 0 Å². The number of ketones is 1. The summed E-state index contributed by atoms with van der Waals surface area (Å²) in [5.41, 5.74) is 8.04. The number of hydrogen-bond donors (Lipinski definition) is 0. The fourth-order valence-electron chi connectivity index (χ4n) is 0.887. The van der Waals surface area contributed by atoms with Crippen molar-refractivity contribution in [3.63, 3.8) is 0 Å². The lowest BCUT2D eigenvalue weighted by Gasteiger charge is -1.96. The number of carbonyl (C=O) groups is 1. The first-order valence-corrected chi connectivity index (χ1v) is 3.64. The maximum atomic E-state index is 10.8. The SMILES string of the molecule is [N-]=[N+]=CC(=O)CCn1cccc1. The highest BCUT2D eigenvalue weighted by atomic mass is 16.1. The third kappa shape index (κ3) is 2.52. The van der Waals surface area contributed by atoms with Crippen LogP contribution in [0, 0.1) is 0 Å². The van der Waals surface area contributed by atoms with E-state index in [-0.39, 0.29) is 5.78 Å². The minimum absolute atomic E-state index is 0.175. The van der Waals surface area contributed by atoms with Crippen LogP contribution in [0.3, 0.4) is 0 Å². The van der Waals surface area contributed by atoms with Crippen molar-refractivity contribution in [1.82, 2.24) is 4.57 Å². The van der Waals surface area contributed by atoms with Crippen molar-refractivity contribution in [2.45, 2.75) is 13.0 Å². The molecule has 0 aliphatic rings. The van der Waals surface area contributed by atoms with E-state index in [0.717, 1.165) is 6.21 Å². The van der Waals surface area contributed by atoms with Gasteiger partial charge >= 0.3 is 6.21 Å². The summed E-state index contributed by atoms with van der Waals surface area (Å²) in [5.74, 6) is -0.175. The molecular weight excluding hydrogens is 154 g/mol. The maximum absolute atomic E-state index is 10.8. The Balaban J connectivity index is 2.36. The van der Waals surface area contributed by atoms with Crippen LogP contribution in [0.1, 0.15) is 6.42 Å². The molecule has 0 aromatic carbocycles. The molecule has 0 amide bonds. The Bertz CT molecular complexity index is 296. The lowest BCUT2D eigenvalue weighted by molar-refractivity contribution is -0.116.